The number of carbonyl (C=O) groups excluding carboxylic acids is 1. The van der Waals surface area contributed by atoms with E-state index in [0.717, 1.165) is 11.5 Å². The van der Waals surface area contributed by atoms with Gasteiger partial charge in [-0.2, -0.15) is 0 Å². The molecule has 0 spiro atoms. The SMILES string of the molecule is COC(=O)c1ccccc1-c1ccc([C@H]2[C@@H](c3ccccn3)NC(=S)N2C(C)C)o1. The lowest BCUT2D eigenvalue weighted by molar-refractivity contribution is 0.0601. The second kappa shape index (κ2) is 8.28. The number of pyridine rings is 1. The van der Waals surface area contributed by atoms with Crippen molar-refractivity contribution < 1.29 is 13.9 Å². The number of methoxy groups -OCH3 is 1. The van der Waals surface area contributed by atoms with Crippen molar-refractivity contribution in [1.82, 2.24) is 15.2 Å². The first-order chi connectivity index (χ1) is 14.5. The predicted molar refractivity (Wildman–Crippen MR) is 118 cm³/mol. The molecule has 154 valence electrons. The van der Waals surface area contributed by atoms with E-state index in [1.165, 1.54) is 7.11 Å². The van der Waals surface area contributed by atoms with Crippen molar-refractivity contribution in [3.05, 3.63) is 77.8 Å². The van der Waals surface area contributed by atoms with Gasteiger partial charge >= 0.3 is 5.97 Å². The van der Waals surface area contributed by atoms with Crippen molar-refractivity contribution >= 4 is 23.3 Å². The van der Waals surface area contributed by atoms with E-state index < -0.39 is 5.97 Å². The van der Waals surface area contributed by atoms with E-state index in [1.54, 1.807) is 18.3 Å². The molecule has 0 bridgehead atoms. The predicted octanol–water partition coefficient (Wildman–Crippen LogP) is 4.51. The first kappa shape index (κ1) is 20.1. The average Bonchev–Trinajstić information content (AvgIpc) is 3.38. The minimum atomic E-state index is -0.401. The highest BCUT2D eigenvalue weighted by atomic mass is 32.1. The highest BCUT2D eigenvalue weighted by Gasteiger charge is 2.42. The molecule has 1 fully saturated rings. The van der Waals surface area contributed by atoms with E-state index in [2.05, 4.69) is 29.0 Å². The van der Waals surface area contributed by atoms with E-state index in [4.69, 9.17) is 21.4 Å². The number of nitrogens with one attached hydrogen (secondary N) is 1. The first-order valence-corrected chi connectivity index (χ1v) is 10.2. The van der Waals surface area contributed by atoms with Gasteiger partial charge in [-0.05, 0) is 56.4 Å². The number of aromatic nitrogens is 1. The van der Waals surface area contributed by atoms with Crippen molar-refractivity contribution in [2.24, 2.45) is 0 Å². The molecule has 2 aromatic heterocycles. The van der Waals surface area contributed by atoms with Crippen LogP contribution in [-0.4, -0.2) is 34.1 Å². The number of hydrogen-bond acceptors (Lipinski definition) is 5. The fraction of sp³-hybridized carbons (Fsp3) is 0.261. The average molecular weight is 422 g/mol. The molecule has 0 aliphatic carbocycles. The summed E-state index contributed by atoms with van der Waals surface area (Å²) in [5.74, 6) is 0.955. The molecule has 1 saturated heterocycles. The van der Waals surface area contributed by atoms with Crippen LogP contribution in [0, 0.1) is 0 Å². The van der Waals surface area contributed by atoms with Gasteiger partial charge in [0.25, 0.3) is 0 Å². The largest absolute Gasteiger partial charge is 0.465 e. The molecular weight excluding hydrogens is 398 g/mol. The lowest BCUT2D eigenvalue weighted by Gasteiger charge is -2.29. The van der Waals surface area contributed by atoms with Crippen LogP contribution >= 0.6 is 12.2 Å². The van der Waals surface area contributed by atoms with E-state index in [0.29, 0.717) is 22.0 Å². The molecule has 3 aromatic rings. The molecule has 1 N–H and O–H groups in total. The maximum Gasteiger partial charge on any atom is 0.338 e. The molecule has 3 heterocycles. The standard InChI is InChI=1S/C23H23N3O3S/c1-14(2)26-21(20(25-23(26)30)17-10-6-7-13-24-17)19-12-11-18(29-19)15-8-4-5-9-16(15)22(27)28-3/h4-14,20-21H,1-3H3,(H,25,30)/t20-,21+/m1/s1. The van der Waals surface area contributed by atoms with Crippen LogP contribution < -0.4 is 5.32 Å². The highest BCUT2D eigenvalue weighted by molar-refractivity contribution is 7.80. The van der Waals surface area contributed by atoms with Gasteiger partial charge in [0.1, 0.15) is 17.6 Å². The summed E-state index contributed by atoms with van der Waals surface area (Å²) in [6.45, 7) is 4.19. The smallest absolute Gasteiger partial charge is 0.338 e. The second-order valence-electron chi connectivity index (χ2n) is 7.37. The number of nitrogens with zero attached hydrogens (tertiary/aromatic N) is 2. The van der Waals surface area contributed by atoms with Crippen molar-refractivity contribution in [2.75, 3.05) is 7.11 Å². The molecule has 1 aromatic carbocycles. The van der Waals surface area contributed by atoms with Crippen molar-refractivity contribution in [3.8, 4) is 11.3 Å². The van der Waals surface area contributed by atoms with E-state index in [1.807, 2.05) is 42.5 Å². The Kier molecular flexibility index (Phi) is 5.55. The number of hydrogen-bond donors (Lipinski definition) is 1. The Hall–Kier alpha value is -3.19. The Morgan fingerprint density at radius 3 is 2.63 bits per heavy atom. The quantitative estimate of drug-likeness (QED) is 0.480. The molecule has 0 saturated carbocycles. The third kappa shape index (κ3) is 3.57. The van der Waals surface area contributed by atoms with Gasteiger partial charge in [0.15, 0.2) is 5.11 Å². The zero-order valence-electron chi connectivity index (χ0n) is 17.0. The van der Waals surface area contributed by atoms with Crippen LogP contribution in [0.15, 0.2) is 65.2 Å². The summed E-state index contributed by atoms with van der Waals surface area (Å²) >= 11 is 5.63. The Balaban J connectivity index is 1.77. The molecule has 0 unspecified atom stereocenters. The summed E-state index contributed by atoms with van der Waals surface area (Å²) in [4.78, 5) is 18.8. The number of thiocarbonyl (C=S) groups is 1. The first-order valence-electron chi connectivity index (χ1n) is 9.78. The summed E-state index contributed by atoms with van der Waals surface area (Å²) in [6, 6.07) is 16.8. The lowest BCUT2D eigenvalue weighted by Crippen LogP contribution is -2.35. The van der Waals surface area contributed by atoms with Gasteiger partial charge in [0.2, 0.25) is 0 Å². The Labute approximate surface area is 180 Å². The van der Waals surface area contributed by atoms with Crippen LogP contribution in [0.3, 0.4) is 0 Å². The summed E-state index contributed by atoms with van der Waals surface area (Å²) in [5, 5.41) is 4.06. The molecular formula is C23H23N3O3S. The maximum atomic E-state index is 12.2. The van der Waals surface area contributed by atoms with E-state index in [-0.39, 0.29) is 18.1 Å². The van der Waals surface area contributed by atoms with Gasteiger partial charge in [-0.1, -0.05) is 24.3 Å². The molecule has 0 radical (unpaired) electrons. The third-order valence-electron chi connectivity index (χ3n) is 5.21. The lowest BCUT2D eigenvalue weighted by atomic mass is 10.0. The number of ether oxygens (including phenoxy) is 1. The van der Waals surface area contributed by atoms with Crippen LogP contribution in [0.2, 0.25) is 0 Å². The monoisotopic (exact) mass is 421 g/mol. The topological polar surface area (TPSA) is 67.6 Å². The molecule has 1 aliphatic rings. The number of esters is 1. The number of carbonyl (C=O) groups is 1. The zero-order chi connectivity index (χ0) is 21.3. The van der Waals surface area contributed by atoms with E-state index >= 15 is 0 Å². The van der Waals surface area contributed by atoms with Gasteiger partial charge in [0.05, 0.1) is 24.4 Å². The van der Waals surface area contributed by atoms with Crippen LogP contribution in [-0.2, 0) is 4.74 Å². The summed E-state index contributed by atoms with van der Waals surface area (Å²) in [7, 11) is 1.37. The molecule has 1 aliphatic heterocycles. The molecule has 2 atom stereocenters. The molecule has 30 heavy (non-hydrogen) atoms. The Morgan fingerprint density at radius 2 is 1.93 bits per heavy atom. The van der Waals surface area contributed by atoms with E-state index in [9.17, 15) is 4.79 Å². The van der Waals surface area contributed by atoms with Crippen LogP contribution in [0.1, 0.15) is 47.7 Å². The van der Waals surface area contributed by atoms with Crippen LogP contribution in [0.25, 0.3) is 11.3 Å². The number of furan rings is 1. The molecule has 4 rings (SSSR count). The summed E-state index contributed by atoms with van der Waals surface area (Å²) in [6.07, 6.45) is 1.77. The van der Waals surface area contributed by atoms with Gasteiger partial charge in [0, 0.05) is 17.8 Å². The van der Waals surface area contributed by atoms with Gasteiger partial charge in [-0.3, -0.25) is 4.98 Å². The molecule has 6 nitrogen and oxygen atoms in total. The van der Waals surface area contributed by atoms with Gasteiger partial charge in [-0.25, -0.2) is 4.79 Å². The van der Waals surface area contributed by atoms with Gasteiger partial charge < -0.3 is 19.4 Å². The minimum absolute atomic E-state index is 0.143. The Bertz CT molecular complexity index is 1060. The van der Waals surface area contributed by atoms with Crippen molar-refractivity contribution in [3.63, 3.8) is 0 Å². The fourth-order valence-electron chi connectivity index (χ4n) is 3.87. The third-order valence-corrected chi connectivity index (χ3v) is 5.54. The highest BCUT2D eigenvalue weighted by Crippen LogP contribution is 2.41. The summed E-state index contributed by atoms with van der Waals surface area (Å²) in [5.41, 5.74) is 2.04. The second-order valence-corrected chi connectivity index (χ2v) is 7.75. The molecule has 0 amide bonds. The number of benzene rings is 1. The van der Waals surface area contributed by atoms with Crippen molar-refractivity contribution in [2.45, 2.75) is 32.0 Å². The van der Waals surface area contributed by atoms with Crippen molar-refractivity contribution in [1.29, 1.82) is 0 Å². The summed E-state index contributed by atoms with van der Waals surface area (Å²) < 4.78 is 11.2. The number of rotatable bonds is 5. The van der Waals surface area contributed by atoms with Crippen LogP contribution in [0.5, 0.6) is 0 Å². The normalized spacial score (nSPS) is 18.5. The van der Waals surface area contributed by atoms with Gasteiger partial charge in [-0.15, -0.1) is 0 Å². The fourth-order valence-corrected chi connectivity index (χ4v) is 4.32. The van der Waals surface area contributed by atoms with Crippen LogP contribution in [0.4, 0.5) is 0 Å². The molecule has 7 heteroatoms. The maximum absolute atomic E-state index is 12.2. The minimum Gasteiger partial charge on any atom is -0.465 e. The zero-order valence-corrected chi connectivity index (χ0v) is 17.8. The Morgan fingerprint density at radius 1 is 1.17 bits per heavy atom.